The maximum Gasteiger partial charge on any atom is 0.254 e. The molecule has 43 heavy (non-hydrogen) atoms. The molecule has 2 aromatic carbocycles. The second-order valence-electron chi connectivity index (χ2n) is 10.3. The van der Waals surface area contributed by atoms with Crippen LogP contribution in [0.5, 0.6) is 0 Å². The second kappa shape index (κ2) is 11.6. The average molecular weight is 595 g/mol. The van der Waals surface area contributed by atoms with Gasteiger partial charge in [-0.3, -0.25) is 19.1 Å². The van der Waals surface area contributed by atoms with Crippen LogP contribution < -0.4 is 10.9 Å². The number of anilines is 1. The number of carbonyl (C=O) groups is 1. The van der Waals surface area contributed by atoms with E-state index in [4.69, 9.17) is 11.6 Å². The molecule has 1 N–H and O–H groups in total. The molecule has 3 aromatic heterocycles. The minimum atomic E-state index is -0.731. The molecular weight excluding hydrogens is 571 g/mol. The summed E-state index contributed by atoms with van der Waals surface area (Å²) in [5.74, 6) is -1.20. The molecule has 2 atom stereocenters. The molecule has 1 aliphatic heterocycles. The normalized spacial score (nSPS) is 16.7. The first-order valence-corrected chi connectivity index (χ1v) is 14.0. The van der Waals surface area contributed by atoms with Crippen LogP contribution in [0.4, 0.5) is 10.1 Å². The van der Waals surface area contributed by atoms with Crippen molar-refractivity contribution < 1.29 is 9.18 Å². The van der Waals surface area contributed by atoms with Crippen molar-refractivity contribution in [1.82, 2.24) is 29.5 Å². The van der Waals surface area contributed by atoms with Gasteiger partial charge in [0.15, 0.2) is 5.82 Å². The fraction of sp³-hybridized carbons (Fsp3) is 0.194. The highest BCUT2D eigenvalue weighted by Crippen LogP contribution is 2.35. The van der Waals surface area contributed by atoms with Gasteiger partial charge in [0.05, 0.1) is 64.1 Å². The number of amides is 1. The van der Waals surface area contributed by atoms with Gasteiger partial charge in [0, 0.05) is 29.4 Å². The maximum absolute atomic E-state index is 15.4. The Balaban J connectivity index is 1.46. The first kappa shape index (κ1) is 27.9. The highest BCUT2D eigenvalue weighted by Gasteiger charge is 2.24. The molecule has 1 amide bonds. The van der Waals surface area contributed by atoms with Gasteiger partial charge in [0.25, 0.3) is 5.56 Å². The van der Waals surface area contributed by atoms with E-state index in [1.165, 1.54) is 33.9 Å². The molecule has 4 heterocycles. The van der Waals surface area contributed by atoms with Crippen molar-refractivity contribution in [2.45, 2.75) is 32.2 Å². The summed E-state index contributed by atoms with van der Waals surface area (Å²) < 4.78 is 18.2. The molecule has 0 saturated carbocycles. The van der Waals surface area contributed by atoms with Crippen molar-refractivity contribution >= 4 is 23.2 Å². The first-order valence-electron chi connectivity index (χ1n) is 13.6. The van der Waals surface area contributed by atoms with Gasteiger partial charge in [0.1, 0.15) is 0 Å². The molecule has 1 aliphatic rings. The molecule has 0 saturated heterocycles. The number of nitrogens with one attached hydrogen (secondary N) is 1. The Labute approximate surface area is 250 Å². The van der Waals surface area contributed by atoms with Gasteiger partial charge < -0.3 is 5.32 Å². The zero-order valence-corrected chi connectivity index (χ0v) is 23.7. The van der Waals surface area contributed by atoms with E-state index in [9.17, 15) is 14.9 Å². The lowest BCUT2D eigenvalue weighted by atomic mass is 9.95. The summed E-state index contributed by atoms with van der Waals surface area (Å²) in [7, 11) is 0. The number of nitrogens with zero attached hydrogens (tertiary/aromatic N) is 7. The van der Waals surface area contributed by atoms with E-state index in [0.717, 1.165) is 11.1 Å². The van der Waals surface area contributed by atoms with Crippen LogP contribution >= 0.6 is 11.6 Å². The Hall–Kier alpha value is -5.21. The lowest BCUT2D eigenvalue weighted by Gasteiger charge is -2.23. The van der Waals surface area contributed by atoms with E-state index in [1.54, 1.807) is 36.7 Å². The number of aromatic nitrogens is 6. The van der Waals surface area contributed by atoms with E-state index >= 15 is 4.39 Å². The number of nitriles is 1. The van der Waals surface area contributed by atoms with E-state index < -0.39 is 17.4 Å². The van der Waals surface area contributed by atoms with Crippen LogP contribution in [-0.2, 0) is 4.79 Å². The summed E-state index contributed by atoms with van der Waals surface area (Å²) >= 11 is 6.11. The molecule has 5 aromatic rings. The number of pyridine rings is 1. The molecule has 2 unspecified atom stereocenters. The van der Waals surface area contributed by atoms with E-state index in [2.05, 4.69) is 31.7 Å². The van der Waals surface area contributed by atoms with Gasteiger partial charge in [-0.2, -0.15) is 5.26 Å². The third-order valence-corrected chi connectivity index (χ3v) is 7.86. The Bertz CT molecular complexity index is 1950. The largest absolute Gasteiger partial charge is 0.325 e. The molecule has 0 radical (unpaired) electrons. The van der Waals surface area contributed by atoms with Crippen LogP contribution in [0.1, 0.15) is 43.5 Å². The fourth-order valence-corrected chi connectivity index (χ4v) is 5.45. The topological polar surface area (TPSA) is 131 Å². The number of hydrogen-bond donors (Lipinski definition) is 1. The summed E-state index contributed by atoms with van der Waals surface area (Å²) in [5.41, 5.74) is 3.09. The van der Waals surface area contributed by atoms with Crippen LogP contribution in [0, 0.1) is 23.1 Å². The van der Waals surface area contributed by atoms with E-state index in [-0.39, 0.29) is 28.1 Å². The van der Waals surface area contributed by atoms with Gasteiger partial charge in [-0.05, 0) is 54.8 Å². The number of halogens is 2. The standard InChI is InChI=1S/C31H24ClFN8O2/c1-18-3-2-4-26(24-14-20(9-10-35-24)21-6-5-19(16-34)13-23(21)38-31(18)43)40-17-36-25(15-28(40)42)29-27(41-12-11-37-39-41)8-7-22(32)30(29)33/h5-15,17-18,26H,2-4H2,1H3,(H,38,43). The predicted octanol–water partition coefficient (Wildman–Crippen LogP) is 5.57. The van der Waals surface area contributed by atoms with Gasteiger partial charge in [-0.1, -0.05) is 36.2 Å². The minimum Gasteiger partial charge on any atom is -0.325 e. The van der Waals surface area contributed by atoms with Crippen molar-refractivity contribution in [3.05, 3.63) is 106 Å². The molecule has 6 rings (SSSR count). The van der Waals surface area contributed by atoms with Gasteiger partial charge in [-0.25, -0.2) is 14.1 Å². The Morgan fingerprint density at radius 1 is 1.07 bits per heavy atom. The molecule has 0 spiro atoms. The highest BCUT2D eigenvalue weighted by atomic mass is 35.5. The van der Waals surface area contributed by atoms with Crippen LogP contribution in [0.2, 0.25) is 5.02 Å². The second-order valence-corrected chi connectivity index (χ2v) is 10.7. The van der Waals surface area contributed by atoms with Crippen molar-refractivity contribution in [3.63, 3.8) is 0 Å². The average Bonchev–Trinajstić information content (AvgIpc) is 3.55. The lowest BCUT2D eigenvalue weighted by Crippen LogP contribution is -2.27. The number of rotatable bonds is 3. The minimum absolute atomic E-state index is 0.0225. The monoisotopic (exact) mass is 594 g/mol. The van der Waals surface area contributed by atoms with Crippen molar-refractivity contribution in [2.24, 2.45) is 5.92 Å². The Kier molecular flexibility index (Phi) is 7.52. The summed E-state index contributed by atoms with van der Waals surface area (Å²) in [4.78, 5) is 35.8. The van der Waals surface area contributed by atoms with E-state index in [0.29, 0.717) is 41.9 Å². The number of hydrogen-bond acceptors (Lipinski definition) is 7. The molecule has 10 nitrogen and oxygen atoms in total. The Morgan fingerprint density at radius 3 is 2.70 bits per heavy atom. The maximum atomic E-state index is 15.4. The first-order chi connectivity index (χ1) is 20.8. The smallest absolute Gasteiger partial charge is 0.254 e. The third kappa shape index (κ3) is 5.40. The zero-order chi connectivity index (χ0) is 30.1. The van der Waals surface area contributed by atoms with Gasteiger partial charge in [-0.15, -0.1) is 5.10 Å². The summed E-state index contributed by atoms with van der Waals surface area (Å²) in [5, 5.41) is 20.0. The van der Waals surface area contributed by atoms with E-state index in [1.807, 2.05) is 19.1 Å². The van der Waals surface area contributed by atoms with Crippen LogP contribution in [-0.4, -0.2) is 35.4 Å². The highest BCUT2D eigenvalue weighted by molar-refractivity contribution is 6.31. The summed E-state index contributed by atoms with van der Waals surface area (Å²) in [6, 6.07) is 14.7. The predicted molar refractivity (Wildman–Crippen MR) is 158 cm³/mol. The SMILES string of the molecule is CC1CCCC(n2cnc(-c3c(-n4ccnn4)ccc(Cl)c3F)cc2=O)c2cc(ccn2)-c2ccc(C#N)cc2NC1=O. The molecule has 2 bridgehead atoms. The number of benzene rings is 2. The number of fused-ring (bicyclic) bond motifs is 4. The molecule has 0 aliphatic carbocycles. The zero-order valence-electron chi connectivity index (χ0n) is 22.9. The molecular formula is C31H24ClFN8O2. The van der Waals surface area contributed by atoms with Crippen molar-refractivity contribution in [3.8, 4) is 34.1 Å². The van der Waals surface area contributed by atoms with Crippen molar-refractivity contribution in [2.75, 3.05) is 5.32 Å². The molecule has 0 fully saturated rings. The van der Waals surface area contributed by atoms with Crippen LogP contribution in [0.25, 0.3) is 28.1 Å². The van der Waals surface area contributed by atoms with Crippen molar-refractivity contribution in [1.29, 1.82) is 5.26 Å². The number of carbonyl (C=O) groups excluding carboxylic acids is 1. The van der Waals surface area contributed by atoms with Gasteiger partial charge >= 0.3 is 0 Å². The summed E-state index contributed by atoms with van der Waals surface area (Å²) in [6.07, 6.45) is 7.72. The molecule has 12 heteroatoms. The van der Waals surface area contributed by atoms with Crippen LogP contribution in [0.15, 0.2) is 78.2 Å². The fourth-order valence-electron chi connectivity index (χ4n) is 5.29. The summed E-state index contributed by atoms with van der Waals surface area (Å²) in [6.45, 7) is 1.84. The Morgan fingerprint density at radius 2 is 1.93 bits per heavy atom. The van der Waals surface area contributed by atoms with Crippen LogP contribution in [0.3, 0.4) is 0 Å². The molecule has 214 valence electrons. The van der Waals surface area contributed by atoms with Gasteiger partial charge in [0.2, 0.25) is 5.91 Å². The third-order valence-electron chi connectivity index (χ3n) is 7.57. The lowest BCUT2D eigenvalue weighted by molar-refractivity contribution is -0.119. The quantitative estimate of drug-likeness (QED) is 0.289.